The molecule has 0 aliphatic carbocycles. The summed E-state index contributed by atoms with van der Waals surface area (Å²) in [5, 5.41) is 3.08. The monoisotopic (exact) mass is 300 g/mol. The average Bonchev–Trinajstić information content (AvgIpc) is 2.50. The van der Waals surface area contributed by atoms with Crippen LogP contribution in [0.25, 0.3) is 0 Å². The first-order valence-corrected chi connectivity index (χ1v) is 7.10. The van der Waals surface area contributed by atoms with E-state index in [0.717, 1.165) is 12.8 Å². The fourth-order valence-electron chi connectivity index (χ4n) is 1.99. The predicted octanol–water partition coefficient (Wildman–Crippen LogP) is 4.00. The van der Waals surface area contributed by atoms with Crippen LogP contribution in [0.15, 0.2) is 42.5 Å². The molecule has 0 saturated heterocycles. The van der Waals surface area contributed by atoms with E-state index in [9.17, 15) is 9.59 Å². The summed E-state index contributed by atoms with van der Waals surface area (Å²) in [5.41, 5.74) is 2.49. The minimum absolute atomic E-state index is 0.261. The average molecular weight is 301 g/mol. The van der Waals surface area contributed by atoms with Gasteiger partial charge >= 0.3 is 0 Å². The summed E-state index contributed by atoms with van der Waals surface area (Å²) in [6.45, 7) is 2.11. The number of benzene rings is 2. The topological polar surface area (TPSA) is 46.2 Å². The summed E-state index contributed by atoms with van der Waals surface area (Å²) < 4.78 is 0. The fourth-order valence-corrected chi connectivity index (χ4v) is 2.16. The number of carbonyl (C=O) groups is 1. The van der Waals surface area contributed by atoms with Gasteiger partial charge in [-0.3, -0.25) is 9.59 Å². The Hall–Kier alpha value is -2.13. The highest BCUT2D eigenvalue weighted by molar-refractivity contribution is 6.34. The van der Waals surface area contributed by atoms with E-state index < -0.39 is 0 Å². The Bertz CT molecular complexity index is 650. The molecule has 2 rings (SSSR count). The molecule has 0 aromatic heterocycles. The first-order valence-electron chi connectivity index (χ1n) is 6.72. The number of anilines is 1. The van der Waals surface area contributed by atoms with Gasteiger partial charge in [0.15, 0.2) is 0 Å². The molecule has 0 fully saturated rings. The molecular weight excluding hydrogens is 286 g/mol. The van der Waals surface area contributed by atoms with Gasteiger partial charge in [-0.1, -0.05) is 37.1 Å². The molecule has 1 amide bonds. The Morgan fingerprint density at radius 3 is 2.52 bits per heavy atom. The number of halogens is 1. The zero-order valence-corrected chi connectivity index (χ0v) is 12.4. The summed E-state index contributed by atoms with van der Waals surface area (Å²) in [7, 11) is 0. The van der Waals surface area contributed by atoms with Crippen LogP contribution < -0.4 is 5.32 Å². The predicted molar refractivity (Wildman–Crippen MR) is 84.6 cm³/mol. The lowest BCUT2D eigenvalue weighted by Gasteiger charge is -2.08. The molecule has 0 spiro atoms. The van der Waals surface area contributed by atoms with E-state index in [4.69, 9.17) is 11.6 Å². The zero-order chi connectivity index (χ0) is 15.2. The molecule has 0 saturated carbocycles. The summed E-state index contributed by atoms with van der Waals surface area (Å²) >= 11 is 6.01. The van der Waals surface area contributed by atoms with E-state index in [2.05, 4.69) is 12.2 Å². The van der Waals surface area contributed by atoms with Crippen molar-refractivity contribution >= 4 is 29.5 Å². The van der Waals surface area contributed by atoms with Crippen molar-refractivity contribution in [2.45, 2.75) is 19.8 Å². The SMILES string of the molecule is CCCc1ccc(C(=O)Nc2cc([C]=O)ccc2Cl)cc1. The van der Waals surface area contributed by atoms with Gasteiger partial charge in [0.25, 0.3) is 5.91 Å². The number of aryl methyl sites for hydroxylation is 1. The van der Waals surface area contributed by atoms with Crippen LogP contribution in [0.3, 0.4) is 0 Å². The third-order valence-corrected chi connectivity index (χ3v) is 3.42. The van der Waals surface area contributed by atoms with Crippen molar-refractivity contribution in [2.24, 2.45) is 0 Å². The molecule has 4 heteroatoms. The molecule has 0 aliphatic rings. The zero-order valence-electron chi connectivity index (χ0n) is 11.7. The second-order valence-corrected chi connectivity index (χ2v) is 5.10. The number of rotatable bonds is 5. The van der Waals surface area contributed by atoms with E-state index in [-0.39, 0.29) is 5.91 Å². The Morgan fingerprint density at radius 2 is 1.90 bits per heavy atom. The first-order chi connectivity index (χ1) is 10.1. The highest BCUT2D eigenvalue weighted by Crippen LogP contribution is 2.23. The second-order valence-electron chi connectivity index (χ2n) is 4.70. The fraction of sp³-hybridized carbons (Fsp3) is 0.176. The van der Waals surface area contributed by atoms with Gasteiger partial charge in [0, 0.05) is 11.1 Å². The number of carbonyl (C=O) groups excluding carboxylic acids is 2. The molecule has 0 aliphatic heterocycles. The molecule has 2 aromatic carbocycles. The number of nitrogens with one attached hydrogen (secondary N) is 1. The van der Waals surface area contributed by atoms with Crippen molar-refractivity contribution in [1.82, 2.24) is 0 Å². The summed E-state index contributed by atoms with van der Waals surface area (Å²) in [6, 6.07) is 12.0. The normalized spacial score (nSPS) is 10.2. The van der Waals surface area contributed by atoms with Crippen LogP contribution in [0, 0.1) is 0 Å². The molecule has 0 heterocycles. The van der Waals surface area contributed by atoms with Crippen LogP contribution >= 0.6 is 11.6 Å². The minimum atomic E-state index is -0.261. The molecule has 1 radical (unpaired) electrons. The third-order valence-electron chi connectivity index (χ3n) is 3.09. The van der Waals surface area contributed by atoms with Crippen molar-refractivity contribution in [2.75, 3.05) is 5.32 Å². The molecule has 2 aromatic rings. The van der Waals surface area contributed by atoms with Crippen LogP contribution in [0.4, 0.5) is 5.69 Å². The minimum Gasteiger partial charge on any atom is -0.321 e. The van der Waals surface area contributed by atoms with E-state index in [1.165, 1.54) is 11.6 Å². The Kier molecular flexibility index (Phi) is 5.12. The second kappa shape index (κ2) is 7.04. The van der Waals surface area contributed by atoms with Crippen molar-refractivity contribution in [3.63, 3.8) is 0 Å². The van der Waals surface area contributed by atoms with Crippen molar-refractivity contribution in [3.8, 4) is 0 Å². The Morgan fingerprint density at radius 1 is 1.19 bits per heavy atom. The third kappa shape index (κ3) is 3.92. The van der Waals surface area contributed by atoms with E-state index in [1.54, 1.807) is 30.6 Å². The van der Waals surface area contributed by atoms with Gasteiger partial charge < -0.3 is 5.32 Å². The quantitative estimate of drug-likeness (QED) is 0.907. The van der Waals surface area contributed by atoms with E-state index in [1.807, 2.05) is 12.1 Å². The van der Waals surface area contributed by atoms with Gasteiger partial charge in [0.2, 0.25) is 6.29 Å². The van der Waals surface area contributed by atoms with Crippen molar-refractivity contribution in [1.29, 1.82) is 0 Å². The Balaban J connectivity index is 2.15. The maximum absolute atomic E-state index is 12.2. The van der Waals surface area contributed by atoms with Gasteiger partial charge in [-0.25, -0.2) is 0 Å². The molecule has 0 bridgehead atoms. The first kappa shape index (κ1) is 15.3. The lowest BCUT2D eigenvalue weighted by atomic mass is 10.1. The molecule has 1 N–H and O–H groups in total. The summed E-state index contributed by atoms with van der Waals surface area (Å²) in [6.07, 6.45) is 3.83. The van der Waals surface area contributed by atoms with Crippen LogP contribution in [-0.4, -0.2) is 12.2 Å². The molecule has 0 atom stereocenters. The highest BCUT2D eigenvalue weighted by Gasteiger charge is 2.09. The van der Waals surface area contributed by atoms with Gasteiger partial charge in [-0.15, -0.1) is 0 Å². The molecule has 0 unspecified atom stereocenters. The Labute approximate surface area is 128 Å². The van der Waals surface area contributed by atoms with Gasteiger partial charge in [0.1, 0.15) is 0 Å². The number of amides is 1. The van der Waals surface area contributed by atoms with Crippen LogP contribution in [0.5, 0.6) is 0 Å². The van der Waals surface area contributed by atoms with Crippen LogP contribution in [-0.2, 0) is 11.2 Å². The van der Waals surface area contributed by atoms with Crippen LogP contribution in [0.2, 0.25) is 5.02 Å². The summed E-state index contributed by atoms with van der Waals surface area (Å²) in [5.74, 6) is -0.261. The molecular formula is C17H15ClNO2. The number of hydrogen-bond donors (Lipinski definition) is 1. The molecule has 3 nitrogen and oxygen atoms in total. The number of hydrogen-bond acceptors (Lipinski definition) is 2. The van der Waals surface area contributed by atoms with E-state index in [0.29, 0.717) is 21.8 Å². The van der Waals surface area contributed by atoms with Crippen LogP contribution in [0.1, 0.15) is 34.8 Å². The van der Waals surface area contributed by atoms with Crippen molar-refractivity contribution in [3.05, 3.63) is 64.2 Å². The lowest BCUT2D eigenvalue weighted by molar-refractivity contribution is 0.102. The maximum atomic E-state index is 12.2. The van der Waals surface area contributed by atoms with Crippen molar-refractivity contribution < 1.29 is 9.59 Å². The molecule has 21 heavy (non-hydrogen) atoms. The summed E-state index contributed by atoms with van der Waals surface area (Å²) in [4.78, 5) is 22.8. The maximum Gasteiger partial charge on any atom is 0.255 e. The standard InChI is InChI=1S/C17H15ClNO2/c1-2-3-12-4-7-14(8-5-12)17(21)19-16-10-13(11-20)6-9-15(16)18/h4-10H,2-3H2,1H3,(H,19,21). The van der Waals surface area contributed by atoms with Gasteiger partial charge in [-0.05, 0) is 42.3 Å². The van der Waals surface area contributed by atoms with Gasteiger partial charge in [-0.2, -0.15) is 0 Å². The molecule has 107 valence electrons. The highest BCUT2D eigenvalue weighted by atomic mass is 35.5. The lowest BCUT2D eigenvalue weighted by Crippen LogP contribution is -2.12. The van der Waals surface area contributed by atoms with E-state index >= 15 is 0 Å². The largest absolute Gasteiger partial charge is 0.321 e. The van der Waals surface area contributed by atoms with Gasteiger partial charge in [0.05, 0.1) is 10.7 Å². The smallest absolute Gasteiger partial charge is 0.255 e.